The summed E-state index contributed by atoms with van der Waals surface area (Å²) in [4.78, 5) is 11.9. The van der Waals surface area contributed by atoms with Crippen LogP contribution < -0.4 is 10.6 Å². The standard InChI is InChI=1S/C14H15ClN4O/c1-3-16-13-9-6-10(15)12(7-11(9)17-14(13)20)19-5-4-8(2)18-19/h4-7,13,16H,3H2,1-2H3,(H,17,20). The second kappa shape index (κ2) is 4.92. The molecule has 20 heavy (non-hydrogen) atoms. The number of likely N-dealkylation sites (N-methyl/N-ethyl adjacent to an activating group) is 1. The molecule has 1 aromatic heterocycles. The molecule has 0 fully saturated rings. The summed E-state index contributed by atoms with van der Waals surface area (Å²) in [6, 6.07) is 5.26. The van der Waals surface area contributed by atoms with E-state index in [1.54, 1.807) is 4.68 Å². The first-order chi connectivity index (χ1) is 9.60. The SMILES string of the molecule is CCNC1C(=O)Nc2cc(-n3ccc(C)n3)c(Cl)cc21. The van der Waals surface area contributed by atoms with Crippen LogP contribution in [0.2, 0.25) is 5.02 Å². The van der Waals surface area contributed by atoms with Gasteiger partial charge < -0.3 is 10.6 Å². The van der Waals surface area contributed by atoms with Crippen LogP contribution >= 0.6 is 11.6 Å². The van der Waals surface area contributed by atoms with Gasteiger partial charge in [0.2, 0.25) is 5.91 Å². The van der Waals surface area contributed by atoms with Gasteiger partial charge in [0.1, 0.15) is 6.04 Å². The lowest BCUT2D eigenvalue weighted by molar-refractivity contribution is -0.117. The number of rotatable bonds is 3. The quantitative estimate of drug-likeness (QED) is 0.913. The van der Waals surface area contributed by atoms with Crippen molar-refractivity contribution in [2.24, 2.45) is 0 Å². The fourth-order valence-corrected chi connectivity index (χ4v) is 2.66. The zero-order valence-corrected chi connectivity index (χ0v) is 12.0. The maximum atomic E-state index is 11.9. The molecule has 0 saturated heterocycles. The van der Waals surface area contributed by atoms with Crippen LogP contribution in [-0.4, -0.2) is 22.2 Å². The summed E-state index contributed by atoms with van der Waals surface area (Å²) in [6.45, 7) is 4.60. The van der Waals surface area contributed by atoms with Gasteiger partial charge in [-0.25, -0.2) is 4.68 Å². The number of carbonyl (C=O) groups is 1. The van der Waals surface area contributed by atoms with Gasteiger partial charge in [0.15, 0.2) is 0 Å². The Balaban J connectivity index is 2.06. The number of nitrogens with zero attached hydrogens (tertiary/aromatic N) is 2. The minimum absolute atomic E-state index is 0.0493. The summed E-state index contributed by atoms with van der Waals surface area (Å²) in [5, 5.41) is 10.9. The summed E-state index contributed by atoms with van der Waals surface area (Å²) in [5.74, 6) is -0.0493. The smallest absolute Gasteiger partial charge is 0.246 e. The molecular formula is C14H15ClN4O. The summed E-state index contributed by atoms with van der Waals surface area (Å²) in [6.07, 6.45) is 1.85. The van der Waals surface area contributed by atoms with Gasteiger partial charge in [-0.15, -0.1) is 0 Å². The molecule has 1 amide bonds. The van der Waals surface area contributed by atoms with Crippen molar-refractivity contribution in [2.75, 3.05) is 11.9 Å². The average Bonchev–Trinajstić information content (AvgIpc) is 2.95. The lowest BCUT2D eigenvalue weighted by atomic mass is 10.1. The highest BCUT2D eigenvalue weighted by Crippen LogP contribution is 2.36. The number of benzene rings is 1. The Morgan fingerprint density at radius 1 is 1.50 bits per heavy atom. The summed E-state index contributed by atoms with van der Waals surface area (Å²) in [5.41, 5.74) is 3.34. The molecule has 0 spiro atoms. The molecule has 1 aromatic carbocycles. The van der Waals surface area contributed by atoms with Crippen LogP contribution in [0.4, 0.5) is 5.69 Å². The van der Waals surface area contributed by atoms with Crippen LogP contribution in [0.3, 0.4) is 0 Å². The van der Waals surface area contributed by atoms with E-state index in [0.29, 0.717) is 5.02 Å². The lowest BCUT2D eigenvalue weighted by Gasteiger charge is -2.11. The number of anilines is 1. The molecule has 2 N–H and O–H groups in total. The van der Waals surface area contributed by atoms with Crippen molar-refractivity contribution in [1.29, 1.82) is 0 Å². The number of hydrogen-bond acceptors (Lipinski definition) is 3. The predicted octanol–water partition coefficient (Wildman–Crippen LogP) is 2.44. The molecular weight excluding hydrogens is 276 g/mol. The number of aromatic nitrogens is 2. The number of halogens is 1. The van der Waals surface area contributed by atoms with Crippen LogP contribution in [0.1, 0.15) is 24.2 Å². The van der Waals surface area contributed by atoms with E-state index in [9.17, 15) is 4.79 Å². The van der Waals surface area contributed by atoms with E-state index in [-0.39, 0.29) is 11.9 Å². The van der Waals surface area contributed by atoms with Crippen LogP contribution in [-0.2, 0) is 4.79 Å². The van der Waals surface area contributed by atoms with E-state index in [1.165, 1.54) is 0 Å². The number of carbonyl (C=O) groups excluding carboxylic acids is 1. The van der Waals surface area contributed by atoms with E-state index in [1.807, 2.05) is 38.2 Å². The first kappa shape index (κ1) is 13.1. The third-order valence-electron chi connectivity index (χ3n) is 3.33. The zero-order chi connectivity index (χ0) is 14.3. The van der Waals surface area contributed by atoms with Crippen LogP contribution in [0.15, 0.2) is 24.4 Å². The van der Waals surface area contributed by atoms with Gasteiger partial charge in [0, 0.05) is 17.4 Å². The van der Waals surface area contributed by atoms with Crippen LogP contribution in [0.5, 0.6) is 0 Å². The van der Waals surface area contributed by atoms with Crippen molar-refractivity contribution in [3.8, 4) is 5.69 Å². The fraction of sp³-hybridized carbons (Fsp3) is 0.286. The molecule has 1 atom stereocenters. The molecule has 2 heterocycles. The topological polar surface area (TPSA) is 59.0 Å². The summed E-state index contributed by atoms with van der Waals surface area (Å²) in [7, 11) is 0. The molecule has 0 aliphatic carbocycles. The Labute approximate surface area is 121 Å². The zero-order valence-electron chi connectivity index (χ0n) is 11.3. The minimum atomic E-state index is -0.332. The molecule has 0 saturated carbocycles. The molecule has 0 bridgehead atoms. The van der Waals surface area contributed by atoms with Crippen molar-refractivity contribution < 1.29 is 4.79 Å². The maximum absolute atomic E-state index is 11.9. The maximum Gasteiger partial charge on any atom is 0.246 e. The van der Waals surface area contributed by atoms with Gasteiger partial charge in [-0.1, -0.05) is 18.5 Å². The van der Waals surface area contributed by atoms with Crippen molar-refractivity contribution in [1.82, 2.24) is 15.1 Å². The molecule has 5 nitrogen and oxygen atoms in total. The van der Waals surface area contributed by atoms with Gasteiger partial charge in [-0.3, -0.25) is 4.79 Å². The average molecular weight is 291 g/mol. The largest absolute Gasteiger partial charge is 0.324 e. The van der Waals surface area contributed by atoms with Crippen molar-refractivity contribution in [2.45, 2.75) is 19.9 Å². The molecule has 3 rings (SSSR count). The van der Waals surface area contributed by atoms with Gasteiger partial charge in [0.05, 0.1) is 16.4 Å². The number of amides is 1. The van der Waals surface area contributed by atoms with Crippen molar-refractivity contribution in [3.63, 3.8) is 0 Å². The normalized spacial score (nSPS) is 17.1. The van der Waals surface area contributed by atoms with E-state index in [0.717, 1.165) is 29.2 Å². The first-order valence-electron chi connectivity index (χ1n) is 6.50. The highest BCUT2D eigenvalue weighted by Gasteiger charge is 2.31. The molecule has 0 radical (unpaired) electrons. The van der Waals surface area contributed by atoms with Gasteiger partial charge in [-0.2, -0.15) is 5.10 Å². The predicted molar refractivity (Wildman–Crippen MR) is 78.4 cm³/mol. The Kier molecular flexibility index (Phi) is 3.23. The second-order valence-corrected chi connectivity index (χ2v) is 5.18. The van der Waals surface area contributed by atoms with E-state index < -0.39 is 0 Å². The lowest BCUT2D eigenvalue weighted by Crippen LogP contribution is -2.27. The third kappa shape index (κ3) is 2.09. The van der Waals surface area contributed by atoms with Gasteiger partial charge in [-0.05, 0) is 31.7 Å². The Hall–Kier alpha value is -1.85. The molecule has 1 unspecified atom stereocenters. The molecule has 2 aromatic rings. The highest BCUT2D eigenvalue weighted by molar-refractivity contribution is 6.32. The number of nitrogens with one attached hydrogen (secondary N) is 2. The first-order valence-corrected chi connectivity index (χ1v) is 6.88. The van der Waals surface area contributed by atoms with E-state index in [2.05, 4.69) is 15.7 Å². The molecule has 1 aliphatic rings. The number of hydrogen-bond donors (Lipinski definition) is 2. The van der Waals surface area contributed by atoms with Crippen molar-refractivity contribution >= 4 is 23.2 Å². The Bertz CT molecular complexity index is 680. The number of aryl methyl sites for hydroxylation is 1. The van der Waals surface area contributed by atoms with Crippen LogP contribution in [0, 0.1) is 6.92 Å². The second-order valence-electron chi connectivity index (χ2n) is 4.77. The van der Waals surface area contributed by atoms with Gasteiger partial charge in [0.25, 0.3) is 0 Å². The fourth-order valence-electron chi connectivity index (χ4n) is 2.40. The Morgan fingerprint density at radius 3 is 2.95 bits per heavy atom. The monoisotopic (exact) mass is 290 g/mol. The van der Waals surface area contributed by atoms with Gasteiger partial charge >= 0.3 is 0 Å². The van der Waals surface area contributed by atoms with Crippen LogP contribution in [0.25, 0.3) is 5.69 Å². The minimum Gasteiger partial charge on any atom is -0.324 e. The molecule has 104 valence electrons. The van der Waals surface area contributed by atoms with Crippen molar-refractivity contribution in [3.05, 3.63) is 40.7 Å². The highest BCUT2D eigenvalue weighted by atomic mass is 35.5. The summed E-state index contributed by atoms with van der Waals surface area (Å²) < 4.78 is 1.71. The molecule has 1 aliphatic heterocycles. The molecule has 6 heteroatoms. The third-order valence-corrected chi connectivity index (χ3v) is 3.63. The number of fused-ring (bicyclic) bond motifs is 1. The Morgan fingerprint density at radius 2 is 2.30 bits per heavy atom. The van der Waals surface area contributed by atoms with E-state index in [4.69, 9.17) is 11.6 Å². The summed E-state index contributed by atoms with van der Waals surface area (Å²) >= 11 is 6.34. The van der Waals surface area contributed by atoms with E-state index >= 15 is 0 Å².